The zero-order chi connectivity index (χ0) is 19.8. The summed E-state index contributed by atoms with van der Waals surface area (Å²) in [6.07, 6.45) is 0. The highest BCUT2D eigenvalue weighted by Crippen LogP contribution is 2.26. The number of nitrogens with zero attached hydrogens (tertiary/aromatic N) is 2. The first kappa shape index (κ1) is 19.6. The molecule has 3 rings (SSSR count). The summed E-state index contributed by atoms with van der Waals surface area (Å²) >= 11 is 0. The molecule has 1 N–H and O–H groups in total. The van der Waals surface area contributed by atoms with Crippen LogP contribution in [0.25, 0.3) is 0 Å². The van der Waals surface area contributed by atoms with Crippen LogP contribution in [0.2, 0.25) is 0 Å². The van der Waals surface area contributed by atoms with Crippen molar-refractivity contribution >= 4 is 5.69 Å². The maximum atomic E-state index is 7.56. The predicted octanol–water partition coefficient (Wildman–Crippen LogP) is 6.23. The largest absolute Gasteiger partial charge is 0.489 e. The Kier molecular flexibility index (Phi) is 6.79. The van der Waals surface area contributed by atoms with Crippen LogP contribution in [0.4, 0.5) is 5.69 Å². The van der Waals surface area contributed by atoms with Crippen LogP contribution in [-0.4, -0.2) is 13.1 Å². The van der Waals surface area contributed by atoms with E-state index in [2.05, 4.69) is 36.0 Å². The second kappa shape index (κ2) is 9.70. The molecule has 3 aromatic carbocycles. The lowest BCUT2D eigenvalue weighted by Crippen LogP contribution is -2.21. The van der Waals surface area contributed by atoms with Crippen molar-refractivity contribution in [3.8, 4) is 5.75 Å². The Hall–Kier alpha value is -3.14. The molecule has 0 aliphatic heterocycles. The molecule has 1 atom stereocenters. The number of nitrogens with one attached hydrogen (secondary N) is 1. The van der Waals surface area contributed by atoms with E-state index < -0.39 is 0 Å². The third-order valence-corrected chi connectivity index (χ3v) is 4.89. The van der Waals surface area contributed by atoms with Gasteiger partial charge in [-0.15, -0.1) is 0 Å². The summed E-state index contributed by atoms with van der Waals surface area (Å²) < 4.78 is 6.00. The molecule has 0 amide bonds. The Morgan fingerprint density at radius 1 is 0.857 bits per heavy atom. The summed E-state index contributed by atoms with van der Waals surface area (Å²) in [6.45, 7) is 6.78. The van der Waals surface area contributed by atoms with Crippen LogP contribution < -0.4 is 9.64 Å². The Morgan fingerprint density at radius 3 is 2.18 bits per heavy atom. The first-order valence-corrected chi connectivity index (χ1v) is 9.73. The lowest BCUT2D eigenvalue weighted by molar-refractivity contribution is 0.306. The number of hydrogen-bond acceptors (Lipinski definition) is 4. The van der Waals surface area contributed by atoms with Crippen LogP contribution in [0, 0.1) is 5.53 Å². The van der Waals surface area contributed by atoms with Gasteiger partial charge in [-0.3, -0.25) is 0 Å². The number of ether oxygens (including phenoxy) is 1. The lowest BCUT2D eigenvalue weighted by Gasteiger charge is -2.21. The Balaban J connectivity index is 1.66. The number of rotatable bonds is 9. The third kappa shape index (κ3) is 4.77. The van der Waals surface area contributed by atoms with Crippen molar-refractivity contribution in [3.05, 3.63) is 95.6 Å². The Labute approximate surface area is 167 Å². The molecule has 0 fully saturated rings. The molecule has 0 saturated heterocycles. The van der Waals surface area contributed by atoms with E-state index in [-0.39, 0.29) is 6.04 Å². The monoisotopic (exact) mass is 373 g/mol. The number of benzene rings is 3. The van der Waals surface area contributed by atoms with Crippen LogP contribution in [0.1, 0.15) is 36.6 Å². The minimum atomic E-state index is -0.262. The van der Waals surface area contributed by atoms with Gasteiger partial charge in [0.1, 0.15) is 18.4 Å². The number of anilines is 1. The van der Waals surface area contributed by atoms with Gasteiger partial charge >= 0.3 is 0 Å². The van der Waals surface area contributed by atoms with E-state index in [0.717, 1.165) is 35.5 Å². The van der Waals surface area contributed by atoms with E-state index in [4.69, 9.17) is 10.3 Å². The molecular weight excluding hydrogens is 346 g/mol. The van der Waals surface area contributed by atoms with Crippen LogP contribution in [0.3, 0.4) is 0 Å². The Bertz CT molecular complexity index is 874. The molecule has 4 heteroatoms. The van der Waals surface area contributed by atoms with Crippen molar-refractivity contribution in [1.82, 2.24) is 0 Å². The van der Waals surface area contributed by atoms with Crippen LogP contribution >= 0.6 is 0 Å². The molecule has 28 heavy (non-hydrogen) atoms. The first-order valence-electron chi connectivity index (χ1n) is 9.73. The molecule has 0 heterocycles. The zero-order valence-electron chi connectivity index (χ0n) is 16.5. The highest BCUT2D eigenvalue weighted by molar-refractivity contribution is 5.50. The first-order chi connectivity index (χ1) is 13.7. The van der Waals surface area contributed by atoms with Gasteiger partial charge in [-0.05, 0) is 42.7 Å². The minimum absolute atomic E-state index is 0.262. The van der Waals surface area contributed by atoms with Gasteiger partial charge in [-0.2, -0.15) is 5.11 Å². The molecule has 0 spiro atoms. The maximum absolute atomic E-state index is 7.56. The molecule has 0 aliphatic carbocycles. The average molecular weight is 374 g/mol. The normalized spacial score (nSPS) is 11.6. The molecular formula is C24H27N3O. The summed E-state index contributed by atoms with van der Waals surface area (Å²) in [5, 5.41) is 3.81. The quantitative estimate of drug-likeness (QED) is 0.452. The highest BCUT2D eigenvalue weighted by atomic mass is 16.5. The van der Waals surface area contributed by atoms with Crippen molar-refractivity contribution in [1.29, 1.82) is 5.53 Å². The Morgan fingerprint density at radius 2 is 1.54 bits per heavy atom. The van der Waals surface area contributed by atoms with E-state index in [1.165, 1.54) is 5.69 Å². The van der Waals surface area contributed by atoms with Gasteiger partial charge in [0.25, 0.3) is 0 Å². The maximum Gasteiger partial charge on any atom is 0.121 e. The molecule has 3 aromatic rings. The molecule has 0 radical (unpaired) electrons. The summed E-state index contributed by atoms with van der Waals surface area (Å²) in [6, 6.07) is 26.0. The molecule has 0 bridgehead atoms. The highest BCUT2D eigenvalue weighted by Gasteiger charge is 2.12. The SMILES string of the molecule is CCN(CC)c1cccc(OCc2ccc(C(N=N)c3ccccc3)cc2)c1. The van der Waals surface area contributed by atoms with Gasteiger partial charge < -0.3 is 9.64 Å². The van der Waals surface area contributed by atoms with Crippen molar-refractivity contribution in [2.75, 3.05) is 18.0 Å². The molecule has 0 aromatic heterocycles. The zero-order valence-corrected chi connectivity index (χ0v) is 16.5. The van der Waals surface area contributed by atoms with E-state index in [0.29, 0.717) is 6.61 Å². The van der Waals surface area contributed by atoms with E-state index in [1.54, 1.807) is 0 Å². The van der Waals surface area contributed by atoms with E-state index in [9.17, 15) is 0 Å². The van der Waals surface area contributed by atoms with Gasteiger partial charge in [-0.25, -0.2) is 5.53 Å². The number of hydrogen-bond donors (Lipinski definition) is 1. The standard InChI is InChI=1S/C24H27N3O/c1-3-27(4-2)22-11-8-12-23(17-22)28-18-19-13-15-21(16-14-19)24(26-25)20-9-6-5-7-10-20/h5-17,24-25H,3-4,18H2,1-2H3. The van der Waals surface area contributed by atoms with Crippen molar-refractivity contribution in [2.24, 2.45) is 5.11 Å². The second-order valence-corrected chi connectivity index (χ2v) is 6.64. The summed E-state index contributed by atoms with van der Waals surface area (Å²) in [4.78, 5) is 2.30. The van der Waals surface area contributed by atoms with Crippen molar-refractivity contribution in [2.45, 2.75) is 26.5 Å². The van der Waals surface area contributed by atoms with Crippen LogP contribution in [0.5, 0.6) is 5.75 Å². The van der Waals surface area contributed by atoms with Crippen LogP contribution in [0.15, 0.2) is 84.0 Å². The summed E-state index contributed by atoms with van der Waals surface area (Å²) in [7, 11) is 0. The van der Waals surface area contributed by atoms with Gasteiger partial charge in [0.2, 0.25) is 0 Å². The fourth-order valence-corrected chi connectivity index (χ4v) is 3.30. The third-order valence-electron chi connectivity index (χ3n) is 4.89. The molecule has 0 saturated carbocycles. The predicted molar refractivity (Wildman–Crippen MR) is 114 cm³/mol. The fourth-order valence-electron chi connectivity index (χ4n) is 3.30. The van der Waals surface area contributed by atoms with Gasteiger partial charge in [-0.1, -0.05) is 60.7 Å². The molecule has 0 aliphatic rings. The van der Waals surface area contributed by atoms with Gasteiger partial charge in [0.05, 0.1) is 0 Å². The molecule has 1 unspecified atom stereocenters. The van der Waals surface area contributed by atoms with Crippen molar-refractivity contribution in [3.63, 3.8) is 0 Å². The minimum Gasteiger partial charge on any atom is -0.489 e. The average Bonchev–Trinajstić information content (AvgIpc) is 2.76. The molecule has 4 nitrogen and oxygen atoms in total. The van der Waals surface area contributed by atoms with Gasteiger partial charge in [0.15, 0.2) is 0 Å². The topological polar surface area (TPSA) is 48.7 Å². The van der Waals surface area contributed by atoms with E-state index >= 15 is 0 Å². The fraction of sp³-hybridized carbons (Fsp3) is 0.250. The molecule has 144 valence electrons. The van der Waals surface area contributed by atoms with Crippen LogP contribution in [-0.2, 0) is 6.61 Å². The van der Waals surface area contributed by atoms with Crippen molar-refractivity contribution < 1.29 is 4.74 Å². The summed E-state index contributed by atoms with van der Waals surface area (Å²) in [5.74, 6) is 0.872. The van der Waals surface area contributed by atoms with E-state index in [1.807, 2.05) is 66.7 Å². The lowest BCUT2D eigenvalue weighted by atomic mass is 9.98. The smallest absolute Gasteiger partial charge is 0.121 e. The van der Waals surface area contributed by atoms with Gasteiger partial charge in [0, 0.05) is 24.8 Å². The second-order valence-electron chi connectivity index (χ2n) is 6.64. The summed E-state index contributed by atoms with van der Waals surface area (Å²) in [5.41, 5.74) is 11.9.